The Morgan fingerprint density at radius 3 is 2.55 bits per heavy atom. The Labute approximate surface area is 182 Å². The third kappa shape index (κ3) is 4.38. The molecule has 7 heteroatoms. The minimum Gasteiger partial charge on any atom is -0.300 e. The van der Waals surface area contributed by atoms with Crippen molar-refractivity contribution in [3.63, 3.8) is 0 Å². The van der Waals surface area contributed by atoms with Crippen molar-refractivity contribution in [1.29, 1.82) is 0 Å². The van der Waals surface area contributed by atoms with Crippen molar-refractivity contribution in [3.05, 3.63) is 47.3 Å². The fourth-order valence-corrected chi connectivity index (χ4v) is 6.81. The van der Waals surface area contributed by atoms with Gasteiger partial charge in [0.1, 0.15) is 11.6 Å². The number of carbonyl (C=O) groups is 2. The summed E-state index contributed by atoms with van der Waals surface area (Å²) >= 11 is 0. The molecular formula is C24H28N2O4S. The van der Waals surface area contributed by atoms with Crippen molar-refractivity contribution in [1.82, 2.24) is 10.2 Å². The van der Waals surface area contributed by atoms with Crippen LogP contribution >= 0.6 is 0 Å². The van der Waals surface area contributed by atoms with E-state index in [9.17, 15) is 18.0 Å². The quantitative estimate of drug-likeness (QED) is 0.638. The number of aromatic amines is 1. The van der Waals surface area contributed by atoms with E-state index in [2.05, 4.69) is 10.2 Å². The highest BCUT2D eigenvalue weighted by atomic mass is 32.2. The standard InChI is InChI=1S/C24H28N2O4S/c27-19-5-1-15(11-19)12-21(23(28)14-18-9-10-25-26-18)17-4-8-24(22(13-17)16-2-3-16)31(29,30)20-6-7-20/h4,8-10,13,15-16,20-21H,1-3,5-7,11-12,14H2,(H,25,26)/t15-,21+/m0/s1. The maximum absolute atomic E-state index is 13.3. The molecule has 5 rings (SSSR count). The molecule has 3 aliphatic rings. The van der Waals surface area contributed by atoms with Crippen LogP contribution in [0.15, 0.2) is 35.4 Å². The number of nitrogens with zero attached hydrogens (tertiary/aromatic N) is 1. The Morgan fingerprint density at radius 2 is 1.94 bits per heavy atom. The van der Waals surface area contributed by atoms with Gasteiger partial charge in [-0.05, 0) is 73.6 Å². The number of nitrogens with one attached hydrogen (secondary N) is 1. The highest BCUT2D eigenvalue weighted by Crippen LogP contribution is 2.47. The largest absolute Gasteiger partial charge is 0.300 e. The van der Waals surface area contributed by atoms with Crippen LogP contribution in [0.2, 0.25) is 0 Å². The van der Waals surface area contributed by atoms with E-state index in [1.807, 2.05) is 12.1 Å². The van der Waals surface area contributed by atoms with E-state index in [4.69, 9.17) is 0 Å². The second-order valence-corrected chi connectivity index (χ2v) is 11.7. The van der Waals surface area contributed by atoms with Crippen molar-refractivity contribution in [3.8, 4) is 0 Å². The van der Waals surface area contributed by atoms with Gasteiger partial charge in [-0.3, -0.25) is 14.7 Å². The summed E-state index contributed by atoms with van der Waals surface area (Å²) in [5, 5.41) is 6.56. The maximum atomic E-state index is 13.3. The van der Waals surface area contributed by atoms with Crippen LogP contribution < -0.4 is 0 Å². The van der Waals surface area contributed by atoms with Crippen LogP contribution in [0, 0.1) is 5.92 Å². The first-order valence-corrected chi connectivity index (χ1v) is 12.9. The lowest BCUT2D eigenvalue weighted by Crippen LogP contribution is -2.19. The molecule has 31 heavy (non-hydrogen) atoms. The van der Waals surface area contributed by atoms with Crippen LogP contribution in [0.25, 0.3) is 0 Å². The lowest BCUT2D eigenvalue weighted by molar-refractivity contribution is -0.121. The van der Waals surface area contributed by atoms with Gasteiger partial charge in [0.2, 0.25) is 0 Å². The number of ketones is 2. The van der Waals surface area contributed by atoms with Gasteiger partial charge in [-0.15, -0.1) is 0 Å². The molecule has 0 radical (unpaired) electrons. The van der Waals surface area contributed by atoms with Crippen LogP contribution in [-0.2, 0) is 25.8 Å². The van der Waals surface area contributed by atoms with E-state index >= 15 is 0 Å². The van der Waals surface area contributed by atoms with Crippen molar-refractivity contribution in [2.24, 2.45) is 5.92 Å². The molecule has 3 aliphatic carbocycles. The average Bonchev–Trinajstić information content (AvgIpc) is 3.67. The molecule has 0 unspecified atom stereocenters. The highest BCUT2D eigenvalue weighted by Gasteiger charge is 2.41. The van der Waals surface area contributed by atoms with Gasteiger partial charge in [-0.25, -0.2) is 8.42 Å². The predicted molar refractivity (Wildman–Crippen MR) is 116 cm³/mol. The fraction of sp³-hybridized carbons (Fsp3) is 0.542. The number of hydrogen-bond donors (Lipinski definition) is 1. The number of hydrogen-bond acceptors (Lipinski definition) is 5. The smallest absolute Gasteiger partial charge is 0.181 e. The van der Waals surface area contributed by atoms with E-state index in [0.717, 1.165) is 48.9 Å². The van der Waals surface area contributed by atoms with Crippen molar-refractivity contribution < 1.29 is 18.0 Å². The predicted octanol–water partition coefficient (Wildman–Crippen LogP) is 3.88. The number of rotatable bonds is 9. The van der Waals surface area contributed by atoms with Gasteiger partial charge in [-0.1, -0.05) is 12.1 Å². The van der Waals surface area contributed by atoms with Crippen LogP contribution in [-0.4, -0.2) is 35.4 Å². The van der Waals surface area contributed by atoms with Crippen molar-refractivity contribution in [2.45, 2.75) is 79.8 Å². The fourth-order valence-electron chi connectivity index (χ4n) is 4.89. The molecule has 1 N–H and O–H groups in total. The molecule has 1 heterocycles. The first-order chi connectivity index (χ1) is 14.9. The summed E-state index contributed by atoms with van der Waals surface area (Å²) in [6, 6.07) is 7.37. The zero-order valence-corrected chi connectivity index (χ0v) is 18.4. The highest BCUT2D eigenvalue weighted by molar-refractivity contribution is 7.92. The molecule has 0 saturated heterocycles. The SMILES string of the molecule is O=C1CC[C@H](C[C@@H](C(=O)Cc2ccn[nH]2)c2ccc(S(=O)(=O)C3CC3)c(C3CC3)c2)C1. The van der Waals surface area contributed by atoms with E-state index in [-0.39, 0.29) is 41.0 Å². The summed E-state index contributed by atoms with van der Waals surface area (Å²) in [4.78, 5) is 25.6. The van der Waals surface area contributed by atoms with Gasteiger partial charge >= 0.3 is 0 Å². The minimum atomic E-state index is -3.28. The number of aromatic nitrogens is 2. The lowest BCUT2D eigenvalue weighted by atomic mass is 9.83. The average molecular weight is 441 g/mol. The molecule has 6 nitrogen and oxygen atoms in total. The van der Waals surface area contributed by atoms with Crippen LogP contribution in [0.1, 0.15) is 80.0 Å². The topological polar surface area (TPSA) is 97.0 Å². The number of Topliss-reactive ketones (excluding diaryl/α,β-unsaturated/α-hetero) is 2. The maximum Gasteiger partial charge on any atom is 0.181 e. The van der Waals surface area contributed by atoms with Crippen LogP contribution in [0.4, 0.5) is 0 Å². The van der Waals surface area contributed by atoms with Gasteiger partial charge in [0.25, 0.3) is 0 Å². The Morgan fingerprint density at radius 1 is 1.13 bits per heavy atom. The number of benzene rings is 1. The molecule has 3 fully saturated rings. The third-order valence-corrected chi connectivity index (χ3v) is 9.29. The zero-order valence-electron chi connectivity index (χ0n) is 17.5. The van der Waals surface area contributed by atoms with E-state index in [0.29, 0.717) is 24.2 Å². The zero-order chi connectivity index (χ0) is 21.6. The molecule has 0 bridgehead atoms. The van der Waals surface area contributed by atoms with Gasteiger partial charge < -0.3 is 0 Å². The normalized spacial score (nSPS) is 22.6. The summed E-state index contributed by atoms with van der Waals surface area (Å²) in [6.45, 7) is 0. The molecule has 2 atom stereocenters. The van der Waals surface area contributed by atoms with Gasteiger partial charge in [0, 0.05) is 37.1 Å². The Bertz CT molecular complexity index is 1100. The number of sulfone groups is 1. The first-order valence-electron chi connectivity index (χ1n) is 11.3. The Hall–Kier alpha value is -2.28. The molecule has 0 aliphatic heterocycles. The number of H-pyrrole nitrogens is 1. The van der Waals surface area contributed by atoms with Crippen LogP contribution in [0.5, 0.6) is 0 Å². The molecule has 0 spiro atoms. The third-order valence-electron chi connectivity index (χ3n) is 6.95. The molecule has 1 aromatic heterocycles. The van der Waals surface area contributed by atoms with Crippen LogP contribution in [0.3, 0.4) is 0 Å². The summed E-state index contributed by atoms with van der Waals surface area (Å²) < 4.78 is 25.9. The van der Waals surface area contributed by atoms with Gasteiger partial charge in [0.15, 0.2) is 9.84 Å². The molecule has 2 aromatic rings. The van der Waals surface area contributed by atoms with E-state index in [1.54, 1.807) is 18.3 Å². The summed E-state index contributed by atoms with van der Waals surface area (Å²) in [6.07, 6.45) is 7.98. The number of carbonyl (C=O) groups excluding carboxylic acids is 2. The first kappa shape index (κ1) is 20.6. The Balaban J connectivity index is 1.48. The Kier molecular flexibility index (Phi) is 5.32. The van der Waals surface area contributed by atoms with E-state index < -0.39 is 9.84 Å². The molecular weight excluding hydrogens is 412 g/mol. The van der Waals surface area contributed by atoms with Crippen molar-refractivity contribution >= 4 is 21.4 Å². The van der Waals surface area contributed by atoms with E-state index in [1.165, 1.54) is 0 Å². The minimum absolute atomic E-state index is 0.0862. The molecule has 0 amide bonds. The van der Waals surface area contributed by atoms with Crippen molar-refractivity contribution in [2.75, 3.05) is 0 Å². The lowest BCUT2D eigenvalue weighted by Gasteiger charge is -2.21. The van der Waals surface area contributed by atoms with Gasteiger partial charge in [0.05, 0.1) is 10.1 Å². The second kappa shape index (κ2) is 8.01. The summed E-state index contributed by atoms with van der Waals surface area (Å²) in [5.41, 5.74) is 2.56. The van der Waals surface area contributed by atoms with Gasteiger partial charge in [-0.2, -0.15) is 5.10 Å². The second-order valence-electron chi connectivity index (χ2n) is 9.48. The monoisotopic (exact) mass is 440 g/mol. The summed E-state index contributed by atoms with van der Waals surface area (Å²) in [7, 11) is -3.28. The molecule has 3 saturated carbocycles. The molecule has 164 valence electrons. The summed E-state index contributed by atoms with van der Waals surface area (Å²) in [5.74, 6) is 0.509. The molecule has 1 aromatic carbocycles.